The minimum atomic E-state index is 0.414. The summed E-state index contributed by atoms with van der Waals surface area (Å²) in [6.07, 6.45) is 0. The van der Waals surface area contributed by atoms with Crippen LogP contribution >= 0.6 is 34.7 Å². The van der Waals surface area contributed by atoms with Crippen LogP contribution in [-0.2, 0) is 0 Å². The number of benzene rings is 1. The van der Waals surface area contributed by atoms with Crippen LogP contribution in [0.5, 0.6) is 5.75 Å². The molecule has 0 saturated heterocycles. The molecule has 6 nitrogen and oxygen atoms in total. The van der Waals surface area contributed by atoms with Crippen LogP contribution in [-0.4, -0.2) is 27.3 Å². The van der Waals surface area contributed by atoms with Gasteiger partial charge in [0.2, 0.25) is 5.13 Å². The zero-order chi connectivity index (χ0) is 16.2. The molecular formula is C14H12ClN5OS2. The van der Waals surface area contributed by atoms with Gasteiger partial charge in [0.25, 0.3) is 0 Å². The second-order valence-electron chi connectivity index (χ2n) is 4.38. The Balaban J connectivity index is 1.75. The Bertz CT molecular complexity index is 806. The summed E-state index contributed by atoms with van der Waals surface area (Å²) in [4.78, 5) is 8.35. The highest BCUT2D eigenvalue weighted by atomic mass is 35.5. The fraction of sp³-hybridized carbons (Fsp3) is 0.143. The first-order valence-corrected chi connectivity index (χ1v) is 8.58. The van der Waals surface area contributed by atoms with Gasteiger partial charge in [0.05, 0.1) is 12.8 Å². The van der Waals surface area contributed by atoms with Crippen molar-refractivity contribution < 1.29 is 4.74 Å². The van der Waals surface area contributed by atoms with Crippen molar-refractivity contribution in [3.8, 4) is 5.75 Å². The van der Waals surface area contributed by atoms with E-state index in [4.69, 9.17) is 16.3 Å². The van der Waals surface area contributed by atoms with Crippen LogP contribution in [0.2, 0.25) is 5.15 Å². The van der Waals surface area contributed by atoms with Gasteiger partial charge >= 0.3 is 0 Å². The fourth-order valence-electron chi connectivity index (χ4n) is 1.81. The smallest absolute Gasteiger partial charge is 0.211 e. The van der Waals surface area contributed by atoms with Crippen LogP contribution < -0.4 is 10.1 Å². The molecule has 0 aliphatic heterocycles. The van der Waals surface area contributed by atoms with Gasteiger partial charge < -0.3 is 10.1 Å². The number of hydrogen-bond donors (Lipinski definition) is 1. The van der Waals surface area contributed by atoms with Crippen LogP contribution in [0.4, 0.5) is 10.8 Å². The predicted molar refractivity (Wildman–Crippen MR) is 92.1 cm³/mol. The first kappa shape index (κ1) is 16.0. The average Bonchev–Trinajstić information content (AvgIpc) is 2.94. The minimum absolute atomic E-state index is 0.414. The van der Waals surface area contributed by atoms with Crippen molar-refractivity contribution in [2.24, 2.45) is 0 Å². The number of hydrogen-bond acceptors (Lipinski definition) is 8. The monoisotopic (exact) mass is 365 g/mol. The van der Waals surface area contributed by atoms with E-state index in [2.05, 4.69) is 25.5 Å². The molecule has 0 amide bonds. The van der Waals surface area contributed by atoms with Crippen molar-refractivity contribution in [3.63, 3.8) is 0 Å². The lowest BCUT2D eigenvalue weighted by Gasteiger charge is -2.07. The number of nitrogens with one attached hydrogen (secondary N) is 1. The van der Waals surface area contributed by atoms with Crippen LogP contribution in [0.3, 0.4) is 0 Å². The van der Waals surface area contributed by atoms with Crippen LogP contribution in [0.1, 0.15) is 5.82 Å². The summed E-state index contributed by atoms with van der Waals surface area (Å²) < 4.78 is 6.06. The highest BCUT2D eigenvalue weighted by molar-refractivity contribution is 8.01. The summed E-state index contributed by atoms with van der Waals surface area (Å²) in [6.45, 7) is 1.80. The number of rotatable bonds is 5. The third-order valence-electron chi connectivity index (χ3n) is 2.73. The summed E-state index contributed by atoms with van der Waals surface area (Å²) in [5.74, 6) is 1.37. The molecule has 1 N–H and O–H groups in total. The number of aryl methyl sites for hydroxylation is 1. The maximum absolute atomic E-state index is 5.94. The molecule has 0 saturated carbocycles. The zero-order valence-electron chi connectivity index (χ0n) is 12.3. The summed E-state index contributed by atoms with van der Waals surface area (Å²) in [5.41, 5.74) is 0.837. The lowest BCUT2D eigenvalue weighted by Crippen LogP contribution is -1.93. The molecule has 2 heterocycles. The molecule has 3 rings (SSSR count). The predicted octanol–water partition coefficient (Wildman–Crippen LogP) is 4.19. The molecule has 23 heavy (non-hydrogen) atoms. The van der Waals surface area contributed by atoms with Crippen molar-refractivity contribution in [1.29, 1.82) is 0 Å². The van der Waals surface area contributed by atoms with E-state index >= 15 is 0 Å². The van der Waals surface area contributed by atoms with E-state index in [9.17, 15) is 0 Å². The number of anilines is 2. The topological polar surface area (TPSA) is 72.8 Å². The normalized spacial score (nSPS) is 10.6. The molecule has 2 aromatic heterocycles. The summed E-state index contributed by atoms with van der Waals surface area (Å²) in [6, 6.07) is 9.33. The number of aromatic nitrogens is 4. The molecule has 0 aliphatic rings. The van der Waals surface area contributed by atoms with Crippen molar-refractivity contribution >= 4 is 45.5 Å². The highest BCUT2D eigenvalue weighted by Crippen LogP contribution is 2.34. The number of nitrogens with zero attached hydrogens (tertiary/aromatic N) is 4. The molecule has 0 bridgehead atoms. The molecule has 0 unspecified atom stereocenters. The third kappa shape index (κ3) is 4.10. The SMILES string of the molecule is COc1ccccc1Nc1nnc(Sc2cc(Cl)nc(C)n2)s1. The zero-order valence-corrected chi connectivity index (χ0v) is 14.7. The number of para-hydroxylation sites is 2. The lowest BCUT2D eigenvalue weighted by atomic mass is 10.3. The molecule has 1 aromatic carbocycles. The molecule has 0 fully saturated rings. The van der Waals surface area contributed by atoms with E-state index in [0.29, 0.717) is 16.1 Å². The van der Waals surface area contributed by atoms with Gasteiger partial charge in [0.1, 0.15) is 21.8 Å². The van der Waals surface area contributed by atoms with Crippen molar-refractivity contribution in [2.75, 3.05) is 12.4 Å². The van der Waals surface area contributed by atoms with Gasteiger partial charge in [-0.1, -0.05) is 35.1 Å². The molecule has 3 aromatic rings. The second-order valence-corrected chi connectivity index (χ2v) is 7.01. The number of ether oxygens (including phenoxy) is 1. The Hall–Kier alpha value is -1.90. The van der Waals surface area contributed by atoms with E-state index in [1.807, 2.05) is 24.3 Å². The first-order valence-electron chi connectivity index (χ1n) is 6.56. The van der Waals surface area contributed by atoms with Gasteiger partial charge in [0.15, 0.2) is 4.34 Å². The largest absolute Gasteiger partial charge is 0.495 e. The van der Waals surface area contributed by atoms with E-state index in [1.165, 1.54) is 23.1 Å². The Morgan fingerprint density at radius 1 is 1.22 bits per heavy atom. The van der Waals surface area contributed by atoms with E-state index in [0.717, 1.165) is 20.8 Å². The average molecular weight is 366 g/mol. The Labute approximate surface area is 146 Å². The molecule has 0 atom stereocenters. The molecule has 0 spiro atoms. The number of methoxy groups -OCH3 is 1. The Morgan fingerprint density at radius 3 is 2.83 bits per heavy atom. The van der Waals surface area contributed by atoms with Crippen LogP contribution in [0, 0.1) is 6.92 Å². The quantitative estimate of drug-likeness (QED) is 0.679. The van der Waals surface area contributed by atoms with Gasteiger partial charge in [-0.15, -0.1) is 10.2 Å². The summed E-state index contributed by atoms with van der Waals surface area (Å²) in [5, 5.41) is 13.3. The molecule has 118 valence electrons. The number of halogens is 1. The highest BCUT2D eigenvalue weighted by Gasteiger charge is 2.10. The minimum Gasteiger partial charge on any atom is -0.495 e. The van der Waals surface area contributed by atoms with Crippen molar-refractivity contribution in [1.82, 2.24) is 20.2 Å². The summed E-state index contributed by atoms with van der Waals surface area (Å²) >= 11 is 8.76. The Morgan fingerprint density at radius 2 is 2.04 bits per heavy atom. The first-order chi connectivity index (χ1) is 11.1. The maximum Gasteiger partial charge on any atom is 0.211 e. The van der Waals surface area contributed by atoms with E-state index in [-0.39, 0.29) is 0 Å². The van der Waals surface area contributed by atoms with Crippen LogP contribution in [0.25, 0.3) is 0 Å². The molecular weight excluding hydrogens is 354 g/mol. The molecule has 0 aliphatic carbocycles. The maximum atomic E-state index is 5.94. The van der Waals surface area contributed by atoms with Gasteiger partial charge in [-0.2, -0.15) is 0 Å². The standard InChI is InChI=1S/C14H12ClN5OS2/c1-8-16-11(15)7-12(17-8)22-14-20-19-13(23-14)18-9-5-3-4-6-10(9)21-2/h3-7H,1-2H3,(H,18,19). The Kier molecular flexibility index (Phi) is 4.94. The van der Waals surface area contributed by atoms with E-state index in [1.54, 1.807) is 20.1 Å². The van der Waals surface area contributed by atoms with Crippen molar-refractivity contribution in [2.45, 2.75) is 16.3 Å². The van der Waals surface area contributed by atoms with Gasteiger partial charge in [-0.3, -0.25) is 0 Å². The molecule has 9 heteroatoms. The van der Waals surface area contributed by atoms with Gasteiger partial charge in [-0.25, -0.2) is 9.97 Å². The second kappa shape index (κ2) is 7.12. The molecule has 0 radical (unpaired) electrons. The van der Waals surface area contributed by atoms with Gasteiger partial charge in [0, 0.05) is 6.07 Å². The van der Waals surface area contributed by atoms with Gasteiger partial charge in [-0.05, 0) is 30.8 Å². The third-order valence-corrected chi connectivity index (χ3v) is 4.73. The fourth-order valence-corrected chi connectivity index (χ4v) is 3.86. The lowest BCUT2D eigenvalue weighted by molar-refractivity contribution is 0.417. The summed E-state index contributed by atoms with van der Waals surface area (Å²) in [7, 11) is 1.63. The van der Waals surface area contributed by atoms with E-state index < -0.39 is 0 Å². The van der Waals surface area contributed by atoms with Crippen LogP contribution in [0.15, 0.2) is 39.7 Å². The van der Waals surface area contributed by atoms with Crippen molar-refractivity contribution in [3.05, 3.63) is 41.3 Å².